The number of hydrogen-bond acceptors (Lipinski definition) is 3. The highest BCUT2D eigenvalue weighted by Gasteiger charge is 2.36. The summed E-state index contributed by atoms with van der Waals surface area (Å²) in [5.74, 6) is -0.204. The summed E-state index contributed by atoms with van der Waals surface area (Å²) in [6.07, 6.45) is 2.10. The van der Waals surface area contributed by atoms with Gasteiger partial charge in [0.15, 0.2) is 0 Å². The monoisotopic (exact) mass is 331 g/mol. The van der Waals surface area contributed by atoms with Gasteiger partial charge in [0, 0.05) is 25.2 Å². The molecule has 0 bridgehead atoms. The maximum Gasteiger partial charge on any atom is 0.227 e. The molecule has 2 rings (SSSR count). The van der Waals surface area contributed by atoms with Gasteiger partial charge in [-0.25, -0.2) is 0 Å². The van der Waals surface area contributed by atoms with Crippen molar-refractivity contribution in [1.29, 1.82) is 0 Å². The number of amides is 2. The van der Waals surface area contributed by atoms with Crippen molar-refractivity contribution in [3.63, 3.8) is 0 Å². The molecular formula is C19H29N3O2. The van der Waals surface area contributed by atoms with Gasteiger partial charge in [-0.3, -0.25) is 9.59 Å². The fourth-order valence-corrected chi connectivity index (χ4v) is 3.24. The minimum absolute atomic E-state index is 0.00348. The van der Waals surface area contributed by atoms with Crippen molar-refractivity contribution < 1.29 is 9.59 Å². The maximum atomic E-state index is 12.5. The number of nitrogens with one attached hydrogen (secondary N) is 1. The first-order chi connectivity index (χ1) is 11.4. The highest BCUT2D eigenvalue weighted by molar-refractivity contribution is 6.01. The van der Waals surface area contributed by atoms with E-state index in [4.69, 9.17) is 0 Å². The van der Waals surface area contributed by atoms with E-state index in [9.17, 15) is 9.59 Å². The molecule has 1 atom stereocenters. The van der Waals surface area contributed by atoms with Gasteiger partial charge < -0.3 is 15.1 Å². The molecule has 0 saturated carbocycles. The molecular weight excluding hydrogens is 302 g/mol. The van der Waals surface area contributed by atoms with Gasteiger partial charge in [0.2, 0.25) is 11.8 Å². The fourth-order valence-electron chi connectivity index (χ4n) is 3.24. The molecule has 1 aliphatic heterocycles. The Morgan fingerprint density at radius 3 is 2.79 bits per heavy atom. The molecule has 0 aromatic heterocycles. The van der Waals surface area contributed by atoms with E-state index in [1.54, 1.807) is 4.90 Å². The average molecular weight is 331 g/mol. The van der Waals surface area contributed by atoms with Crippen LogP contribution in [0.25, 0.3) is 0 Å². The molecule has 1 saturated heterocycles. The van der Waals surface area contributed by atoms with Crippen molar-refractivity contribution in [2.45, 2.75) is 33.1 Å². The van der Waals surface area contributed by atoms with Crippen LogP contribution in [0.4, 0.5) is 5.69 Å². The summed E-state index contributed by atoms with van der Waals surface area (Å²) in [6, 6.07) is 6.10. The quantitative estimate of drug-likeness (QED) is 0.777. The molecule has 1 aromatic rings. The Labute approximate surface area is 145 Å². The number of aryl methyl sites for hydroxylation is 2. The van der Waals surface area contributed by atoms with Crippen molar-refractivity contribution in [1.82, 2.24) is 10.2 Å². The van der Waals surface area contributed by atoms with E-state index in [-0.39, 0.29) is 17.7 Å². The molecule has 5 heteroatoms. The van der Waals surface area contributed by atoms with E-state index in [0.29, 0.717) is 19.5 Å². The van der Waals surface area contributed by atoms with Crippen molar-refractivity contribution in [2.75, 3.05) is 38.6 Å². The van der Waals surface area contributed by atoms with Crippen LogP contribution in [0.3, 0.4) is 0 Å². The summed E-state index contributed by atoms with van der Waals surface area (Å²) in [7, 11) is 4.03. The van der Waals surface area contributed by atoms with E-state index in [1.165, 1.54) is 0 Å². The van der Waals surface area contributed by atoms with Crippen LogP contribution in [0.2, 0.25) is 0 Å². The summed E-state index contributed by atoms with van der Waals surface area (Å²) < 4.78 is 0. The third-order valence-electron chi connectivity index (χ3n) is 4.55. The van der Waals surface area contributed by atoms with E-state index >= 15 is 0 Å². The van der Waals surface area contributed by atoms with E-state index in [1.807, 2.05) is 33.2 Å². The highest BCUT2D eigenvalue weighted by atomic mass is 16.2. The molecule has 5 nitrogen and oxygen atoms in total. The molecule has 2 amide bonds. The van der Waals surface area contributed by atoms with Gasteiger partial charge in [0.25, 0.3) is 0 Å². The van der Waals surface area contributed by atoms with Crippen molar-refractivity contribution in [2.24, 2.45) is 5.92 Å². The average Bonchev–Trinajstić information content (AvgIpc) is 2.92. The summed E-state index contributed by atoms with van der Waals surface area (Å²) in [5.41, 5.74) is 3.25. The lowest BCUT2D eigenvalue weighted by Crippen LogP contribution is -2.34. The van der Waals surface area contributed by atoms with Gasteiger partial charge in [-0.05, 0) is 51.5 Å². The Morgan fingerprint density at radius 1 is 1.38 bits per heavy atom. The number of benzene rings is 1. The second-order valence-corrected chi connectivity index (χ2v) is 6.79. The molecule has 1 aliphatic rings. The largest absolute Gasteiger partial charge is 0.356 e. The van der Waals surface area contributed by atoms with Gasteiger partial charge in [0.05, 0.1) is 5.92 Å². The summed E-state index contributed by atoms with van der Waals surface area (Å²) in [6.45, 7) is 6.20. The Kier molecular flexibility index (Phi) is 6.37. The van der Waals surface area contributed by atoms with Gasteiger partial charge in [-0.1, -0.05) is 25.1 Å². The van der Waals surface area contributed by atoms with Gasteiger partial charge >= 0.3 is 0 Å². The lowest BCUT2D eigenvalue weighted by Gasteiger charge is -2.22. The van der Waals surface area contributed by atoms with Crippen molar-refractivity contribution in [3.05, 3.63) is 29.3 Å². The zero-order valence-corrected chi connectivity index (χ0v) is 15.3. The van der Waals surface area contributed by atoms with Gasteiger partial charge in [0.1, 0.15) is 0 Å². The molecule has 1 aromatic carbocycles. The van der Waals surface area contributed by atoms with E-state index in [2.05, 4.69) is 23.2 Å². The molecule has 0 spiro atoms. The first-order valence-corrected chi connectivity index (χ1v) is 8.75. The van der Waals surface area contributed by atoms with Gasteiger partial charge in [-0.15, -0.1) is 0 Å². The number of anilines is 1. The van der Waals surface area contributed by atoms with Crippen LogP contribution in [0.1, 0.15) is 30.9 Å². The first-order valence-electron chi connectivity index (χ1n) is 8.75. The molecule has 0 radical (unpaired) electrons. The Bertz CT molecular complexity index is 598. The summed E-state index contributed by atoms with van der Waals surface area (Å²) in [4.78, 5) is 28.7. The third-order valence-corrected chi connectivity index (χ3v) is 4.55. The van der Waals surface area contributed by atoms with E-state index in [0.717, 1.165) is 36.2 Å². The predicted octanol–water partition coefficient (Wildman–Crippen LogP) is 1.98. The number of rotatable bonds is 7. The smallest absolute Gasteiger partial charge is 0.227 e. The van der Waals surface area contributed by atoms with Crippen LogP contribution in [-0.4, -0.2) is 50.4 Å². The number of nitrogens with zero attached hydrogens (tertiary/aromatic N) is 2. The Morgan fingerprint density at radius 2 is 2.12 bits per heavy atom. The first kappa shape index (κ1) is 18.5. The number of hydrogen-bond donors (Lipinski definition) is 1. The zero-order chi connectivity index (χ0) is 17.7. The van der Waals surface area contributed by atoms with Crippen LogP contribution >= 0.6 is 0 Å². The molecule has 1 fully saturated rings. The highest BCUT2D eigenvalue weighted by Crippen LogP contribution is 2.31. The van der Waals surface area contributed by atoms with Gasteiger partial charge in [-0.2, -0.15) is 0 Å². The maximum absolute atomic E-state index is 12.5. The van der Waals surface area contributed by atoms with Crippen molar-refractivity contribution in [3.8, 4) is 0 Å². The minimum Gasteiger partial charge on any atom is -0.356 e. The van der Waals surface area contributed by atoms with Crippen LogP contribution < -0.4 is 10.2 Å². The molecule has 1 unspecified atom stereocenters. The molecule has 1 N–H and O–H groups in total. The van der Waals surface area contributed by atoms with Crippen LogP contribution in [-0.2, 0) is 16.0 Å². The SMILES string of the molecule is CCc1cccc(C)c1N1CC(C(=O)NCCCN(C)C)CC1=O. The van der Waals surface area contributed by atoms with E-state index < -0.39 is 0 Å². The lowest BCUT2D eigenvalue weighted by atomic mass is 10.0. The number of carbonyl (C=O) groups excluding carboxylic acids is 2. The fraction of sp³-hybridized carbons (Fsp3) is 0.579. The second-order valence-electron chi connectivity index (χ2n) is 6.79. The van der Waals surface area contributed by atoms with Crippen LogP contribution in [0.5, 0.6) is 0 Å². The molecule has 0 aliphatic carbocycles. The number of para-hydroxylation sites is 1. The second kappa shape index (κ2) is 8.29. The minimum atomic E-state index is -0.249. The normalized spacial score (nSPS) is 17.6. The zero-order valence-electron chi connectivity index (χ0n) is 15.3. The van der Waals surface area contributed by atoms with Crippen LogP contribution in [0.15, 0.2) is 18.2 Å². The third kappa shape index (κ3) is 4.35. The molecule has 24 heavy (non-hydrogen) atoms. The predicted molar refractivity (Wildman–Crippen MR) is 97.2 cm³/mol. The number of carbonyl (C=O) groups is 2. The summed E-state index contributed by atoms with van der Waals surface area (Å²) in [5, 5.41) is 2.97. The topological polar surface area (TPSA) is 52.7 Å². The Hall–Kier alpha value is -1.88. The molecule has 132 valence electrons. The summed E-state index contributed by atoms with van der Waals surface area (Å²) >= 11 is 0. The lowest BCUT2D eigenvalue weighted by molar-refractivity contribution is -0.126. The van der Waals surface area contributed by atoms with Crippen LogP contribution in [0, 0.1) is 12.8 Å². The molecule has 1 heterocycles. The standard InChI is InChI=1S/C19H29N3O2/c1-5-15-9-6-8-14(2)18(15)22-13-16(12-17(22)23)19(24)20-10-7-11-21(3)4/h6,8-9,16H,5,7,10-13H2,1-4H3,(H,20,24). The van der Waals surface area contributed by atoms with Crippen molar-refractivity contribution >= 4 is 17.5 Å². The Balaban J connectivity index is 2.00.